The standard InChI is InChI=1S/C23H32N2O2/c1-6-7-8-18-10-12-19(13-11-18)25-22(26)24-16-27-21-14-9-17(2)15-20(21)23(3,4)5/h9-15H,6-8,16H2,1-5H3,(H2,24,25,26). The van der Waals surface area contributed by atoms with Crippen molar-refractivity contribution in [1.29, 1.82) is 0 Å². The smallest absolute Gasteiger partial charge is 0.321 e. The van der Waals surface area contributed by atoms with Gasteiger partial charge in [-0.3, -0.25) is 0 Å². The average Bonchev–Trinajstić information content (AvgIpc) is 2.61. The summed E-state index contributed by atoms with van der Waals surface area (Å²) >= 11 is 0. The van der Waals surface area contributed by atoms with Crippen molar-refractivity contribution in [3.63, 3.8) is 0 Å². The molecule has 0 fully saturated rings. The molecule has 0 saturated carbocycles. The molecular weight excluding hydrogens is 336 g/mol. The van der Waals surface area contributed by atoms with Crippen LogP contribution >= 0.6 is 0 Å². The molecule has 0 atom stereocenters. The van der Waals surface area contributed by atoms with Crippen LogP contribution in [0, 0.1) is 6.92 Å². The Kier molecular flexibility index (Phi) is 7.28. The third-order valence-corrected chi connectivity index (χ3v) is 4.43. The van der Waals surface area contributed by atoms with Crippen LogP contribution in [0.4, 0.5) is 10.5 Å². The Balaban J connectivity index is 1.86. The lowest BCUT2D eigenvalue weighted by atomic mass is 9.85. The van der Waals surface area contributed by atoms with Gasteiger partial charge in [-0.15, -0.1) is 0 Å². The van der Waals surface area contributed by atoms with Crippen LogP contribution < -0.4 is 15.4 Å². The van der Waals surface area contributed by atoms with Crippen LogP contribution in [0.15, 0.2) is 42.5 Å². The highest BCUT2D eigenvalue weighted by molar-refractivity contribution is 5.89. The van der Waals surface area contributed by atoms with E-state index in [9.17, 15) is 4.79 Å². The number of hydrogen-bond acceptors (Lipinski definition) is 2. The lowest BCUT2D eigenvalue weighted by Crippen LogP contribution is -2.32. The number of carbonyl (C=O) groups excluding carboxylic acids is 1. The largest absolute Gasteiger partial charge is 0.473 e. The number of ether oxygens (including phenoxy) is 1. The quantitative estimate of drug-likeness (QED) is 0.607. The van der Waals surface area contributed by atoms with Crippen LogP contribution in [0.5, 0.6) is 5.75 Å². The Bertz CT molecular complexity index is 746. The molecule has 0 aliphatic rings. The molecule has 0 aliphatic heterocycles. The minimum atomic E-state index is -0.277. The molecular formula is C23H32N2O2. The van der Waals surface area contributed by atoms with E-state index in [2.05, 4.69) is 63.5 Å². The summed E-state index contributed by atoms with van der Waals surface area (Å²) in [7, 11) is 0. The van der Waals surface area contributed by atoms with E-state index < -0.39 is 0 Å². The zero-order valence-corrected chi connectivity index (χ0v) is 17.2. The molecule has 27 heavy (non-hydrogen) atoms. The van der Waals surface area contributed by atoms with Crippen LogP contribution in [0.2, 0.25) is 0 Å². The predicted molar refractivity (Wildman–Crippen MR) is 113 cm³/mol. The Hall–Kier alpha value is -2.49. The summed E-state index contributed by atoms with van der Waals surface area (Å²) in [6.45, 7) is 10.8. The lowest BCUT2D eigenvalue weighted by molar-refractivity contribution is 0.233. The number of rotatable bonds is 7. The van der Waals surface area contributed by atoms with Gasteiger partial charge in [-0.25, -0.2) is 4.79 Å². The van der Waals surface area contributed by atoms with Crippen molar-refractivity contribution in [1.82, 2.24) is 5.32 Å². The molecule has 0 radical (unpaired) electrons. The first kappa shape index (κ1) is 20.8. The number of urea groups is 1. The highest BCUT2D eigenvalue weighted by Gasteiger charge is 2.19. The summed E-state index contributed by atoms with van der Waals surface area (Å²) < 4.78 is 5.82. The third-order valence-electron chi connectivity index (χ3n) is 4.43. The number of hydrogen-bond donors (Lipinski definition) is 2. The molecule has 2 rings (SSSR count). The van der Waals surface area contributed by atoms with E-state index in [1.165, 1.54) is 24.0 Å². The monoisotopic (exact) mass is 368 g/mol. The fourth-order valence-electron chi connectivity index (χ4n) is 2.85. The van der Waals surface area contributed by atoms with Gasteiger partial charge in [0.1, 0.15) is 5.75 Å². The zero-order valence-electron chi connectivity index (χ0n) is 17.2. The minimum absolute atomic E-state index is 0.0247. The molecule has 2 aromatic carbocycles. The van der Waals surface area contributed by atoms with Gasteiger partial charge >= 0.3 is 6.03 Å². The zero-order chi connectivity index (χ0) is 19.9. The number of benzene rings is 2. The fourth-order valence-corrected chi connectivity index (χ4v) is 2.85. The summed E-state index contributed by atoms with van der Waals surface area (Å²) in [4.78, 5) is 12.1. The Labute approximate surface area is 163 Å². The molecule has 0 unspecified atom stereocenters. The van der Waals surface area contributed by atoms with Gasteiger partial charge in [-0.2, -0.15) is 0 Å². The van der Waals surface area contributed by atoms with Gasteiger partial charge in [0.25, 0.3) is 0 Å². The number of aryl methyl sites for hydroxylation is 2. The maximum Gasteiger partial charge on any atom is 0.321 e. The second-order valence-corrected chi connectivity index (χ2v) is 7.97. The second kappa shape index (κ2) is 9.45. The molecule has 2 N–H and O–H groups in total. The van der Waals surface area contributed by atoms with E-state index in [1.807, 2.05) is 24.3 Å². The van der Waals surface area contributed by atoms with Crippen molar-refractivity contribution in [2.45, 2.75) is 59.3 Å². The van der Waals surface area contributed by atoms with E-state index >= 15 is 0 Å². The predicted octanol–water partition coefficient (Wildman–Crippen LogP) is 5.79. The van der Waals surface area contributed by atoms with Gasteiger partial charge in [0, 0.05) is 5.69 Å². The van der Waals surface area contributed by atoms with E-state index in [0.717, 1.165) is 23.4 Å². The molecule has 4 nitrogen and oxygen atoms in total. The summed E-state index contributed by atoms with van der Waals surface area (Å²) in [5.74, 6) is 0.800. The van der Waals surface area contributed by atoms with Crippen molar-refractivity contribution in [2.24, 2.45) is 0 Å². The molecule has 146 valence electrons. The average molecular weight is 369 g/mol. The number of amides is 2. The van der Waals surface area contributed by atoms with Crippen molar-refractivity contribution in [3.8, 4) is 5.75 Å². The van der Waals surface area contributed by atoms with Gasteiger partial charge < -0.3 is 15.4 Å². The van der Waals surface area contributed by atoms with Crippen LogP contribution in [-0.4, -0.2) is 12.8 Å². The first-order valence-corrected chi connectivity index (χ1v) is 9.67. The molecule has 2 amide bonds. The SMILES string of the molecule is CCCCc1ccc(NC(=O)NCOc2ccc(C)cc2C(C)(C)C)cc1. The fraction of sp³-hybridized carbons (Fsp3) is 0.435. The van der Waals surface area contributed by atoms with Crippen LogP contribution in [0.1, 0.15) is 57.2 Å². The molecule has 0 bridgehead atoms. The first-order valence-electron chi connectivity index (χ1n) is 9.67. The highest BCUT2D eigenvalue weighted by Crippen LogP contribution is 2.31. The topological polar surface area (TPSA) is 50.4 Å². The molecule has 0 spiro atoms. The number of carbonyl (C=O) groups is 1. The summed E-state index contributed by atoms with van der Waals surface area (Å²) in [6.07, 6.45) is 3.43. The summed E-state index contributed by atoms with van der Waals surface area (Å²) in [5.41, 5.74) is 4.37. The van der Waals surface area contributed by atoms with E-state index in [4.69, 9.17) is 4.74 Å². The van der Waals surface area contributed by atoms with Crippen LogP contribution in [-0.2, 0) is 11.8 Å². The Morgan fingerprint density at radius 1 is 1.07 bits per heavy atom. The summed E-state index contributed by atoms with van der Waals surface area (Å²) in [5, 5.41) is 5.58. The van der Waals surface area contributed by atoms with Crippen LogP contribution in [0.3, 0.4) is 0 Å². The summed E-state index contributed by atoms with van der Waals surface area (Å²) in [6, 6.07) is 13.8. The van der Waals surface area contributed by atoms with Gasteiger partial charge in [-0.05, 0) is 54.5 Å². The van der Waals surface area contributed by atoms with Crippen molar-refractivity contribution in [2.75, 3.05) is 12.0 Å². The molecule has 2 aromatic rings. The third kappa shape index (κ3) is 6.63. The molecule has 0 heterocycles. The number of anilines is 1. The highest BCUT2D eigenvalue weighted by atomic mass is 16.5. The van der Waals surface area contributed by atoms with E-state index in [0.29, 0.717) is 0 Å². The minimum Gasteiger partial charge on any atom is -0.473 e. The first-order chi connectivity index (χ1) is 12.8. The van der Waals surface area contributed by atoms with Gasteiger partial charge in [0.2, 0.25) is 0 Å². The molecule has 0 saturated heterocycles. The number of unbranched alkanes of at least 4 members (excludes halogenated alkanes) is 1. The van der Waals surface area contributed by atoms with E-state index in [1.54, 1.807) is 0 Å². The van der Waals surface area contributed by atoms with Crippen molar-refractivity contribution in [3.05, 3.63) is 59.2 Å². The van der Waals surface area contributed by atoms with Gasteiger partial charge in [0.05, 0.1) is 0 Å². The molecule has 4 heteroatoms. The maximum atomic E-state index is 12.1. The van der Waals surface area contributed by atoms with Crippen molar-refractivity contribution >= 4 is 11.7 Å². The second-order valence-electron chi connectivity index (χ2n) is 7.97. The van der Waals surface area contributed by atoms with E-state index in [-0.39, 0.29) is 18.2 Å². The Morgan fingerprint density at radius 3 is 2.41 bits per heavy atom. The maximum absolute atomic E-state index is 12.1. The van der Waals surface area contributed by atoms with Gasteiger partial charge in [-0.1, -0.05) is 63.9 Å². The molecule has 0 aliphatic carbocycles. The van der Waals surface area contributed by atoms with Crippen LogP contribution in [0.25, 0.3) is 0 Å². The molecule has 0 aromatic heterocycles. The van der Waals surface area contributed by atoms with Crippen molar-refractivity contribution < 1.29 is 9.53 Å². The van der Waals surface area contributed by atoms with Gasteiger partial charge in [0.15, 0.2) is 6.73 Å². The normalized spacial score (nSPS) is 11.1. The number of nitrogens with one attached hydrogen (secondary N) is 2. The Morgan fingerprint density at radius 2 is 1.78 bits per heavy atom. The lowest BCUT2D eigenvalue weighted by Gasteiger charge is -2.23.